The van der Waals surface area contributed by atoms with Gasteiger partial charge in [-0.2, -0.15) is 18.2 Å². The second kappa shape index (κ2) is 10.4. The van der Waals surface area contributed by atoms with Gasteiger partial charge in [-0.05, 0) is 49.8 Å². The first kappa shape index (κ1) is 25.8. The summed E-state index contributed by atoms with van der Waals surface area (Å²) in [6.07, 6.45) is 0.277. The molecule has 2 aromatic rings. The number of benzene rings is 1. The molecule has 0 N–H and O–H groups in total. The zero-order valence-corrected chi connectivity index (χ0v) is 20.1. The van der Waals surface area contributed by atoms with Gasteiger partial charge in [-0.15, -0.1) is 0 Å². The van der Waals surface area contributed by atoms with Gasteiger partial charge in [0.05, 0.1) is 18.0 Å². The summed E-state index contributed by atoms with van der Waals surface area (Å²) >= 11 is 0. The molecular formula is C22H28F4N4O4S. The molecule has 0 bridgehead atoms. The molecule has 13 heteroatoms. The lowest BCUT2D eigenvalue weighted by molar-refractivity contribution is -0.146. The van der Waals surface area contributed by atoms with Crippen molar-refractivity contribution in [1.29, 1.82) is 0 Å². The fraction of sp³-hybridized carbons (Fsp3) is 0.636. The molecule has 1 aromatic heterocycles. The monoisotopic (exact) mass is 520 g/mol. The lowest BCUT2D eigenvalue weighted by Gasteiger charge is -2.41. The van der Waals surface area contributed by atoms with Crippen molar-refractivity contribution >= 4 is 9.84 Å². The summed E-state index contributed by atoms with van der Waals surface area (Å²) in [4.78, 5) is 7.77. The van der Waals surface area contributed by atoms with E-state index in [0.717, 1.165) is 51.1 Å². The van der Waals surface area contributed by atoms with Crippen LogP contribution in [0.15, 0.2) is 27.6 Å². The molecule has 0 atom stereocenters. The Morgan fingerprint density at radius 1 is 1.11 bits per heavy atom. The van der Waals surface area contributed by atoms with Crippen LogP contribution in [0.3, 0.4) is 0 Å². The lowest BCUT2D eigenvalue weighted by atomic mass is 9.85. The molecule has 8 nitrogen and oxygen atoms in total. The number of alkyl halides is 3. The molecule has 1 aliphatic heterocycles. The zero-order chi connectivity index (χ0) is 25.2. The highest BCUT2D eigenvalue weighted by molar-refractivity contribution is 7.90. The quantitative estimate of drug-likeness (QED) is 0.514. The number of piperazine rings is 1. The number of aromatic nitrogens is 2. The molecule has 0 radical (unpaired) electrons. The molecule has 1 saturated heterocycles. The number of hydrogen-bond donors (Lipinski definition) is 0. The van der Waals surface area contributed by atoms with E-state index >= 15 is 0 Å². The zero-order valence-electron chi connectivity index (χ0n) is 19.3. The average molecular weight is 521 g/mol. The smallest absolute Gasteiger partial charge is 0.455 e. The van der Waals surface area contributed by atoms with E-state index in [1.165, 1.54) is 12.1 Å². The van der Waals surface area contributed by atoms with Gasteiger partial charge in [-0.25, -0.2) is 12.8 Å². The Balaban J connectivity index is 1.18. The summed E-state index contributed by atoms with van der Waals surface area (Å²) in [5.41, 5.74) is 0. The summed E-state index contributed by atoms with van der Waals surface area (Å²) in [5, 5.41) is 3.00. The number of nitrogens with zero attached hydrogens (tertiary/aromatic N) is 4. The molecule has 194 valence electrons. The fourth-order valence-corrected chi connectivity index (χ4v) is 5.26. The van der Waals surface area contributed by atoms with Crippen molar-refractivity contribution in [3.63, 3.8) is 0 Å². The number of ether oxygens (including phenoxy) is 1. The van der Waals surface area contributed by atoms with E-state index in [1.54, 1.807) is 0 Å². The van der Waals surface area contributed by atoms with Crippen LogP contribution in [0.4, 0.5) is 17.6 Å². The highest BCUT2D eigenvalue weighted by atomic mass is 32.2. The Morgan fingerprint density at radius 2 is 1.80 bits per heavy atom. The Morgan fingerprint density at radius 3 is 2.37 bits per heavy atom. The number of halogens is 4. The van der Waals surface area contributed by atoms with Crippen molar-refractivity contribution < 1.29 is 35.2 Å². The van der Waals surface area contributed by atoms with Crippen LogP contribution in [0, 0.1) is 11.7 Å². The van der Waals surface area contributed by atoms with Gasteiger partial charge in [0.15, 0.2) is 21.4 Å². The molecule has 1 saturated carbocycles. The maximum absolute atomic E-state index is 14.2. The van der Waals surface area contributed by atoms with Crippen molar-refractivity contribution in [3.8, 4) is 5.75 Å². The van der Waals surface area contributed by atoms with Crippen molar-refractivity contribution in [2.75, 3.05) is 39.0 Å². The van der Waals surface area contributed by atoms with Crippen molar-refractivity contribution in [3.05, 3.63) is 35.7 Å². The molecule has 0 unspecified atom stereocenters. The summed E-state index contributed by atoms with van der Waals surface area (Å²) in [6, 6.07) is 4.11. The van der Waals surface area contributed by atoms with Crippen molar-refractivity contribution in [2.45, 2.75) is 49.3 Å². The van der Waals surface area contributed by atoms with Gasteiger partial charge >= 0.3 is 6.18 Å². The van der Waals surface area contributed by atoms with Crippen molar-refractivity contribution in [2.24, 2.45) is 5.92 Å². The maximum atomic E-state index is 14.2. The van der Waals surface area contributed by atoms with Crippen LogP contribution in [0.1, 0.15) is 37.4 Å². The first-order valence-corrected chi connectivity index (χ1v) is 13.4. The normalized spacial score (nSPS) is 22.9. The van der Waals surface area contributed by atoms with Gasteiger partial charge < -0.3 is 9.26 Å². The van der Waals surface area contributed by atoms with E-state index in [0.29, 0.717) is 31.7 Å². The van der Waals surface area contributed by atoms with Crippen LogP contribution in [0.5, 0.6) is 5.75 Å². The van der Waals surface area contributed by atoms with Crippen LogP contribution in [0.25, 0.3) is 0 Å². The first-order valence-electron chi connectivity index (χ1n) is 11.5. The molecule has 4 rings (SSSR count). The van der Waals surface area contributed by atoms with Crippen molar-refractivity contribution in [1.82, 2.24) is 19.9 Å². The Labute approximate surface area is 201 Å². The van der Waals surface area contributed by atoms with Crippen LogP contribution >= 0.6 is 0 Å². The average Bonchev–Trinajstić information content (AvgIpc) is 3.28. The topological polar surface area (TPSA) is 88.8 Å². The minimum absolute atomic E-state index is 0.0336. The third kappa shape index (κ3) is 6.70. The molecule has 1 aromatic carbocycles. The molecule has 1 aliphatic carbocycles. The van der Waals surface area contributed by atoms with Crippen LogP contribution < -0.4 is 4.74 Å². The second-order valence-electron chi connectivity index (χ2n) is 9.17. The highest BCUT2D eigenvalue weighted by Gasteiger charge is 2.37. The van der Waals surface area contributed by atoms with Crippen LogP contribution in [-0.4, -0.2) is 73.4 Å². The standard InChI is InChI=1S/C22H28F4N4O4S/c1-35(31,32)17-6-7-19(18(23)12-17)33-14-15-2-4-16(5-3-15)30-10-8-29(9-11-30)13-20-27-21(28-34-20)22(24,25)26/h6-7,12,15-16H,2-5,8-11,13-14H2,1H3/t15-,16-. The van der Waals surface area contributed by atoms with E-state index in [4.69, 9.17) is 9.26 Å². The number of sulfone groups is 1. The van der Waals surface area contributed by atoms with Gasteiger partial charge in [0.1, 0.15) is 0 Å². The lowest BCUT2D eigenvalue weighted by Crippen LogP contribution is -2.50. The van der Waals surface area contributed by atoms with E-state index in [1.807, 2.05) is 4.90 Å². The van der Waals surface area contributed by atoms with Gasteiger partial charge in [-0.3, -0.25) is 9.80 Å². The maximum Gasteiger partial charge on any atom is 0.455 e. The van der Waals surface area contributed by atoms with Gasteiger partial charge in [0, 0.05) is 38.5 Å². The largest absolute Gasteiger partial charge is 0.490 e. The fourth-order valence-electron chi connectivity index (χ4n) is 4.63. The minimum Gasteiger partial charge on any atom is -0.490 e. The predicted molar refractivity (Wildman–Crippen MR) is 117 cm³/mol. The molecule has 0 amide bonds. The predicted octanol–water partition coefficient (Wildman–Crippen LogP) is 3.39. The molecule has 2 aliphatic rings. The minimum atomic E-state index is -4.61. The van der Waals surface area contributed by atoms with Gasteiger partial charge in [0.25, 0.3) is 5.82 Å². The summed E-state index contributed by atoms with van der Waals surface area (Å²) in [5.74, 6) is -1.62. The third-order valence-electron chi connectivity index (χ3n) is 6.63. The van der Waals surface area contributed by atoms with E-state index in [2.05, 4.69) is 15.0 Å². The molecular weight excluding hydrogens is 492 g/mol. The number of hydrogen-bond acceptors (Lipinski definition) is 8. The van der Waals surface area contributed by atoms with Gasteiger partial charge in [0.2, 0.25) is 5.89 Å². The second-order valence-corrected chi connectivity index (χ2v) is 11.2. The van der Waals surface area contributed by atoms with E-state index in [-0.39, 0.29) is 23.1 Å². The molecule has 0 spiro atoms. The van der Waals surface area contributed by atoms with Crippen LogP contribution in [-0.2, 0) is 22.6 Å². The molecule has 2 fully saturated rings. The SMILES string of the molecule is CS(=O)(=O)c1ccc(OC[C@H]2CC[C@H](N3CCN(Cc4nc(C(F)(F)F)no4)CC3)CC2)c(F)c1. The Bertz CT molecular complexity index is 1110. The Hall–Kier alpha value is -2.25. The van der Waals surface area contributed by atoms with E-state index in [9.17, 15) is 26.0 Å². The third-order valence-corrected chi connectivity index (χ3v) is 7.74. The Kier molecular flexibility index (Phi) is 7.67. The number of rotatable bonds is 7. The van der Waals surface area contributed by atoms with E-state index < -0.39 is 27.7 Å². The van der Waals surface area contributed by atoms with Crippen LogP contribution in [0.2, 0.25) is 0 Å². The summed E-state index contributed by atoms with van der Waals surface area (Å²) < 4.78 is 85.5. The highest BCUT2D eigenvalue weighted by Crippen LogP contribution is 2.30. The van der Waals surface area contributed by atoms with Gasteiger partial charge in [-0.1, -0.05) is 5.16 Å². The first-order chi connectivity index (χ1) is 16.5. The summed E-state index contributed by atoms with van der Waals surface area (Å²) in [6.45, 7) is 3.60. The molecule has 2 heterocycles. The molecule has 35 heavy (non-hydrogen) atoms. The summed E-state index contributed by atoms with van der Waals surface area (Å²) in [7, 11) is -3.47.